The van der Waals surface area contributed by atoms with Crippen molar-refractivity contribution < 1.29 is 8.42 Å². The number of nitrogens with one attached hydrogen (secondary N) is 1. The minimum Gasteiger partial charge on any atom is -0.244 e. The van der Waals surface area contributed by atoms with E-state index in [1.807, 2.05) is 6.07 Å². The number of pyridine rings is 1. The summed E-state index contributed by atoms with van der Waals surface area (Å²) in [7, 11) is -3.71. The van der Waals surface area contributed by atoms with Gasteiger partial charge in [-0.1, -0.05) is 26.7 Å². The predicted octanol–water partition coefficient (Wildman–Crippen LogP) is 2.20. The molecule has 1 aliphatic carbocycles. The highest BCUT2D eigenvalue weighted by Crippen LogP contribution is 2.36. The Hall–Kier alpha value is -1.45. The molecule has 108 valence electrons. The van der Waals surface area contributed by atoms with Crippen molar-refractivity contribution in [2.45, 2.75) is 50.5 Å². The molecule has 0 amide bonds. The van der Waals surface area contributed by atoms with E-state index >= 15 is 0 Å². The number of nitriles is 1. The number of rotatable bonds is 3. The topological polar surface area (TPSA) is 82.8 Å². The van der Waals surface area contributed by atoms with Gasteiger partial charge in [0.2, 0.25) is 10.0 Å². The van der Waals surface area contributed by atoms with Crippen molar-refractivity contribution in [3.05, 3.63) is 24.0 Å². The molecule has 0 saturated heterocycles. The van der Waals surface area contributed by atoms with Crippen molar-refractivity contribution in [3.63, 3.8) is 0 Å². The molecule has 1 fully saturated rings. The molecule has 0 spiro atoms. The van der Waals surface area contributed by atoms with Crippen LogP contribution in [0.5, 0.6) is 0 Å². The fraction of sp³-hybridized carbons (Fsp3) is 0.571. The summed E-state index contributed by atoms with van der Waals surface area (Å²) in [6, 6.07) is 4.68. The van der Waals surface area contributed by atoms with Gasteiger partial charge in [-0.2, -0.15) is 5.26 Å². The highest BCUT2D eigenvalue weighted by molar-refractivity contribution is 7.89. The first kappa shape index (κ1) is 14.9. The second-order valence-corrected chi connectivity index (χ2v) is 7.55. The maximum atomic E-state index is 12.5. The van der Waals surface area contributed by atoms with Crippen LogP contribution in [0.25, 0.3) is 0 Å². The minimum atomic E-state index is -3.71. The monoisotopic (exact) mass is 293 g/mol. The van der Waals surface area contributed by atoms with Gasteiger partial charge in [-0.15, -0.1) is 0 Å². The molecule has 0 bridgehead atoms. The lowest BCUT2D eigenvalue weighted by Crippen LogP contribution is -2.46. The molecule has 0 aliphatic heterocycles. The van der Waals surface area contributed by atoms with Gasteiger partial charge in [0.25, 0.3) is 0 Å². The van der Waals surface area contributed by atoms with Gasteiger partial charge in [0, 0.05) is 12.2 Å². The van der Waals surface area contributed by atoms with E-state index in [1.165, 1.54) is 18.3 Å². The lowest BCUT2D eigenvalue weighted by atomic mass is 9.74. The zero-order valence-electron chi connectivity index (χ0n) is 11.8. The maximum Gasteiger partial charge on any atom is 0.243 e. The fourth-order valence-electron chi connectivity index (χ4n) is 2.65. The molecule has 0 radical (unpaired) electrons. The molecule has 0 aromatic carbocycles. The second kappa shape index (κ2) is 5.51. The summed E-state index contributed by atoms with van der Waals surface area (Å²) in [5, 5.41) is 8.99. The number of nitrogens with zero attached hydrogens (tertiary/aromatic N) is 2. The Labute approximate surface area is 120 Å². The van der Waals surface area contributed by atoms with Crippen LogP contribution in [0.2, 0.25) is 0 Å². The summed E-state index contributed by atoms with van der Waals surface area (Å²) in [5.74, 6) is 0. The molecule has 1 unspecified atom stereocenters. The Morgan fingerprint density at radius 1 is 1.45 bits per heavy atom. The van der Waals surface area contributed by atoms with Crippen LogP contribution in [0.15, 0.2) is 23.2 Å². The van der Waals surface area contributed by atoms with Gasteiger partial charge in [-0.25, -0.2) is 18.1 Å². The molecule has 6 heteroatoms. The van der Waals surface area contributed by atoms with E-state index in [0.29, 0.717) is 0 Å². The number of aromatic nitrogens is 1. The number of sulfonamides is 1. The summed E-state index contributed by atoms with van der Waals surface area (Å²) in [5.41, 5.74) is -0.131. The van der Waals surface area contributed by atoms with E-state index < -0.39 is 10.0 Å². The van der Waals surface area contributed by atoms with Gasteiger partial charge < -0.3 is 0 Å². The predicted molar refractivity (Wildman–Crippen MR) is 75.3 cm³/mol. The summed E-state index contributed by atoms with van der Waals surface area (Å²) < 4.78 is 27.7. The Morgan fingerprint density at radius 2 is 2.20 bits per heavy atom. The largest absolute Gasteiger partial charge is 0.244 e. The maximum absolute atomic E-state index is 12.5. The van der Waals surface area contributed by atoms with E-state index in [0.717, 1.165) is 25.7 Å². The van der Waals surface area contributed by atoms with Crippen molar-refractivity contribution in [2.24, 2.45) is 5.41 Å². The number of hydrogen-bond acceptors (Lipinski definition) is 4. The van der Waals surface area contributed by atoms with E-state index in [2.05, 4.69) is 23.6 Å². The van der Waals surface area contributed by atoms with Crippen LogP contribution >= 0.6 is 0 Å². The van der Waals surface area contributed by atoms with Crippen LogP contribution < -0.4 is 4.72 Å². The Kier molecular flexibility index (Phi) is 4.11. The fourth-order valence-corrected chi connectivity index (χ4v) is 4.20. The summed E-state index contributed by atoms with van der Waals surface area (Å²) in [4.78, 5) is 3.77. The molecular formula is C14H19N3O2S. The normalized spacial score (nSPS) is 22.1. The lowest BCUT2D eigenvalue weighted by molar-refractivity contribution is 0.188. The van der Waals surface area contributed by atoms with Crippen LogP contribution in [0.1, 0.15) is 45.2 Å². The van der Waals surface area contributed by atoms with Crippen molar-refractivity contribution in [1.29, 1.82) is 5.26 Å². The van der Waals surface area contributed by atoms with Crippen LogP contribution in [0.4, 0.5) is 0 Å². The third kappa shape index (κ3) is 3.00. The van der Waals surface area contributed by atoms with Gasteiger partial charge in [-0.3, -0.25) is 0 Å². The molecule has 2 rings (SSSR count). The molecule has 5 nitrogen and oxygen atoms in total. The Balaban J connectivity index is 2.30. The third-order valence-electron chi connectivity index (χ3n) is 3.97. The standard InChI is InChI=1S/C14H19N3O2S/c1-14(2)8-4-3-7-13(14)17-20(18,19)12-6-5-9-16-11(12)10-15/h5-6,9,13,17H,3-4,7-8H2,1-2H3. The molecule has 20 heavy (non-hydrogen) atoms. The average Bonchev–Trinajstić information content (AvgIpc) is 2.41. The third-order valence-corrected chi connectivity index (χ3v) is 5.47. The highest BCUT2D eigenvalue weighted by atomic mass is 32.2. The molecule has 1 heterocycles. The van der Waals surface area contributed by atoms with Crippen molar-refractivity contribution >= 4 is 10.0 Å². The highest BCUT2D eigenvalue weighted by Gasteiger charge is 2.35. The molecule has 1 aromatic heterocycles. The van der Waals surface area contributed by atoms with E-state index in [-0.39, 0.29) is 22.0 Å². The first-order valence-electron chi connectivity index (χ1n) is 6.74. The molecule has 1 N–H and O–H groups in total. The molecule has 1 aliphatic rings. The SMILES string of the molecule is CC1(C)CCCCC1NS(=O)(=O)c1cccnc1C#N. The van der Waals surface area contributed by atoms with Gasteiger partial charge in [0.1, 0.15) is 11.0 Å². The van der Waals surface area contributed by atoms with Crippen molar-refractivity contribution in [1.82, 2.24) is 9.71 Å². The van der Waals surface area contributed by atoms with Gasteiger partial charge in [0.15, 0.2) is 5.69 Å². The zero-order valence-corrected chi connectivity index (χ0v) is 12.6. The Bertz CT molecular complexity index is 632. The van der Waals surface area contributed by atoms with E-state index in [1.54, 1.807) is 0 Å². The summed E-state index contributed by atoms with van der Waals surface area (Å²) in [6.45, 7) is 4.15. The summed E-state index contributed by atoms with van der Waals surface area (Å²) in [6.07, 6.45) is 5.39. The summed E-state index contributed by atoms with van der Waals surface area (Å²) >= 11 is 0. The van der Waals surface area contributed by atoms with Crippen LogP contribution in [-0.2, 0) is 10.0 Å². The first-order chi connectivity index (χ1) is 9.37. The minimum absolute atomic E-state index is 0.0381. The van der Waals surface area contributed by atoms with Gasteiger partial charge >= 0.3 is 0 Å². The van der Waals surface area contributed by atoms with Crippen LogP contribution in [0.3, 0.4) is 0 Å². The van der Waals surface area contributed by atoms with E-state index in [9.17, 15) is 8.42 Å². The van der Waals surface area contributed by atoms with Crippen LogP contribution in [0, 0.1) is 16.7 Å². The molecular weight excluding hydrogens is 274 g/mol. The first-order valence-corrected chi connectivity index (χ1v) is 8.22. The average molecular weight is 293 g/mol. The Morgan fingerprint density at radius 3 is 2.85 bits per heavy atom. The van der Waals surface area contributed by atoms with Crippen LogP contribution in [-0.4, -0.2) is 19.4 Å². The zero-order chi connectivity index (χ0) is 14.8. The molecule has 1 atom stereocenters. The van der Waals surface area contributed by atoms with Crippen molar-refractivity contribution in [2.75, 3.05) is 0 Å². The van der Waals surface area contributed by atoms with Gasteiger partial charge in [0.05, 0.1) is 0 Å². The lowest BCUT2D eigenvalue weighted by Gasteiger charge is -2.38. The molecule has 1 aromatic rings. The van der Waals surface area contributed by atoms with Crippen molar-refractivity contribution in [3.8, 4) is 6.07 Å². The quantitative estimate of drug-likeness (QED) is 0.926. The van der Waals surface area contributed by atoms with E-state index in [4.69, 9.17) is 5.26 Å². The molecule has 1 saturated carbocycles. The van der Waals surface area contributed by atoms with Gasteiger partial charge in [-0.05, 0) is 30.4 Å². The number of hydrogen-bond donors (Lipinski definition) is 1. The smallest absolute Gasteiger partial charge is 0.243 e. The second-order valence-electron chi connectivity index (χ2n) is 5.87.